The van der Waals surface area contributed by atoms with Gasteiger partial charge in [-0.05, 0) is 48.7 Å². The van der Waals surface area contributed by atoms with Crippen molar-refractivity contribution in [1.82, 2.24) is 14.9 Å². The molecule has 7 nitrogen and oxygen atoms in total. The molecule has 0 aliphatic carbocycles. The van der Waals surface area contributed by atoms with Gasteiger partial charge in [-0.3, -0.25) is 9.59 Å². The van der Waals surface area contributed by atoms with Gasteiger partial charge in [0.2, 0.25) is 10.0 Å². The van der Waals surface area contributed by atoms with Gasteiger partial charge in [-0.1, -0.05) is 31.0 Å². The number of nitrogens with zero attached hydrogens (tertiary/aromatic N) is 1. The van der Waals surface area contributed by atoms with E-state index in [1.54, 1.807) is 37.4 Å². The molecular weight excluding hydrogens is 402 g/mol. The van der Waals surface area contributed by atoms with Crippen LogP contribution in [0.25, 0.3) is 0 Å². The number of hydrogen-bond donors (Lipinski definition) is 2. The van der Waals surface area contributed by atoms with E-state index in [9.17, 15) is 18.0 Å². The van der Waals surface area contributed by atoms with Gasteiger partial charge >= 0.3 is 0 Å². The monoisotopic (exact) mass is 429 g/mol. The third-order valence-corrected chi connectivity index (χ3v) is 7.06. The molecule has 0 aromatic heterocycles. The van der Waals surface area contributed by atoms with Gasteiger partial charge in [0.1, 0.15) is 0 Å². The van der Waals surface area contributed by atoms with E-state index >= 15 is 0 Å². The molecule has 1 aliphatic heterocycles. The average Bonchev–Trinajstić information content (AvgIpc) is 3.07. The lowest BCUT2D eigenvalue weighted by molar-refractivity contribution is 0.0948. The fraction of sp³-hybridized carbons (Fsp3) is 0.364. The molecule has 1 heterocycles. The molecule has 0 atom stereocenters. The van der Waals surface area contributed by atoms with Crippen molar-refractivity contribution in [1.29, 1.82) is 0 Å². The largest absolute Gasteiger partial charge is 0.355 e. The molecular formula is C22H27N3O4S. The summed E-state index contributed by atoms with van der Waals surface area (Å²) in [7, 11) is -2.06. The van der Waals surface area contributed by atoms with Crippen LogP contribution in [0.15, 0.2) is 53.4 Å². The summed E-state index contributed by atoms with van der Waals surface area (Å²) in [5, 5.41) is 5.35. The Morgan fingerprint density at radius 2 is 1.53 bits per heavy atom. The van der Waals surface area contributed by atoms with Crippen molar-refractivity contribution in [2.24, 2.45) is 0 Å². The van der Waals surface area contributed by atoms with Crippen LogP contribution >= 0.6 is 0 Å². The third-order valence-electron chi connectivity index (χ3n) is 5.17. The molecule has 2 aromatic rings. The van der Waals surface area contributed by atoms with Crippen LogP contribution in [0.4, 0.5) is 0 Å². The van der Waals surface area contributed by atoms with Crippen LogP contribution in [0, 0.1) is 0 Å². The van der Waals surface area contributed by atoms with E-state index in [1.807, 2.05) is 6.07 Å². The van der Waals surface area contributed by atoms with Gasteiger partial charge in [0.15, 0.2) is 0 Å². The molecule has 0 radical (unpaired) electrons. The minimum atomic E-state index is -3.62. The fourth-order valence-corrected chi connectivity index (χ4v) is 5.04. The zero-order chi connectivity index (χ0) is 21.6. The molecule has 0 unspecified atom stereocenters. The van der Waals surface area contributed by atoms with Crippen molar-refractivity contribution < 1.29 is 18.0 Å². The lowest BCUT2D eigenvalue weighted by Crippen LogP contribution is -2.32. The molecule has 2 amide bonds. The van der Waals surface area contributed by atoms with Crippen LogP contribution in [0.2, 0.25) is 0 Å². The first-order valence-corrected chi connectivity index (χ1v) is 11.6. The van der Waals surface area contributed by atoms with Crippen molar-refractivity contribution in [3.8, 4) is 0 Å². The maximum atomic E-state index is 13.0. The number of nitrogens with one attached hydrogen (secondary N) is 2. The van der Waals surface area contributed by atoms with Crippen molar-refractivity contribution in [3.63, 3.8) is 0 Å². The molecule has 3 rings (SSSR count). The average molecular weight is 430 g/mol. The van der Waals surface area contributed by atoms with Gasteiger partial charge in [-0.25, -0.2) is 8.42 Å². The first-order chi connectivity index (χ1) is 14.4. The molecule has 1 fully saturated rings. The second-order valence-corrected chi connectivity index (χ2v) is 9.25. The molecule has 2 aromatic carbocycles. The van der Waals surface area contributed by atoms with Crippen LogP contribution in [0.1, 0.15) is 52.0 Å². The van der Waals surface area contributed by atoms with Gasteiger partial charge in [-0.2, -0.15) is 4.31 Å². The van der Waals surface area contributed by atoms with Crippen LogP contribution < -0.4 is 10.6 Å². The van der Waals surface area contributed by atoms with Gasteiger partial charge < -0.3 is 10.6 Å². The smallest absolute Gasteiger partial charge is 0.251 e. The van der Waals surface area contributed by atoms with Gasteiger partial charge in [0.05, 0.1) is 4.90 Å². The van der Waals surface area contributed by atoms with Crippen molar-refractivity contribution >= 4 is 21.8 Å². The van der Waals surface area contributed by atoms with E-state index in [2.05, 4.69) is 10.6 Å². The minimum Gasteiger partial charge on any atom is -0.355 e. The summed E-state index contributed by atoms with van der Waals surface area (Å²) in [6.45, 7) is 1.26. The molecule has 1 aliphatic rings. The Bertz CT molecular complexity index is 1010. The normalized spacial score (nSPS) is 15.2. The van der Waals surface area contributed by atoms with Crippen LogP contribution in [-0.2, 0) is 16.6 Å². The zero-order valence-corrected chi connectivity index (χ0v) is 17.9. The number of amides is 2. The Kier molecular flexibility index (Phi) is 7.23. The van der Waals surface area contributed by atoms with Crippen LogP contribution in [0.5, 0.6) is 0 Å². The molecule has 2 N–H and O–H groups in total. The number of carbonyl (C=O) groups excluding carboxylic acids is 2. The van der Waals surface area contributed by atoms with Gasteiger partial charge in [-0.15, -0.1) is 0 Å². The number of sulfonamides is 1. The summed E-state index contributed by atoms with van der Waals surface area (Å²) in [6, 6.07) is 13.1. The minimum absolute atomic E-state index is 0.138. The standard InChI is InChI=1S/C22H27N3O4S/c1-23-21(26)18-9-6-8-17(14-18)16-24-22(27)19-10-7-11-20(15-19)30(28,29)25-12-4-2-3-5-13-25/h6-11,14-15H,2-5,12-13,16H2,1H3,(H,23,26)(H,24,27). The SMILES string of the molecule is CNC(=O)c1cccc(CNC(=O)c2cccc(S(=O)(=O)N3CCCCCC3)c2)c1. The lowest BCUT2D eigenvalue weighted by atomic mass is 10.1. The van der Waals surface area contributed by atoms with E-state index in [0.29, 0.717) is 18.7 Å². The Morgan fingerprint density at radius 1 is 0.900 bits per heavy atom. The van der Waals surface area contributed by atoms with Gasteiger partial charge in [0.25, 0.3) is 11.8 Å². The molecule has 0 bridgehead atoms. The molecule has 0 saturated carbocycles. The Morgan fingerprint density at radius 3 is 2.20 bits per heavy atom. The fourth-order valence-electron chi connectivity index (χ4n) is 3.48. The highest BCUT2D eigenvalue weighted by Crippen LogP contribution is 2.21. The molecule has 160 valence electrons. The molecule has 1 saturated heterocycles. The number of hydrogen-bond acceptors (Lipinski definition) is 4. The first-order valence-electron chi connectivity index (χ1n) is 10.1. The van der Waals surface area contributed by atoms with Crippen molar-refractivity contribution in [3.05, 3.63) is 65.2 Å². The summed E-state index contributed by atoms with van der Waals surface area (Å²) in [5.74, 6) is -0.567. The highest BCUT2D eigenvalue weighted by atomic mass is 32.2. The maximum Gasteiger partial charge on any atom is 0.251 e. The van der Waals surface area contributed by atoms with E-state index in [0.717, 1.165) is 31.2 Å². The summed E-state index contributed by atoms with van der Waals surface area (Å²) < 4.78 is 27.5. The van der Waals surface area contributed by atoms with Crippen molar-refractivity contribution in [2.45, 2.75) is 37.1 Å². The summed E-state index contributed by atoms with van der Waals surface area (Å²) in [5.41, 5.74) is 1.57. The topological polar surface area (TPSA) is 95.6 Å². The third kappa shape index (κ3) is 5.25. The first kappa shape index (κ1) is 22.0. The second-order valence-electron chi connectivity index (χ2n) is 7.31. The van der Waals surface area contributed by atoms with Crippen molar-refractivity contribution in [2.75, 3.05) is 20.1 Å². The van der Waals surface area contributed by atoms with E-state index in [-0.39, 0.29) is 28.8 Å². The molecule has 30 heavy (non-hydrogen) atoms. The summed E-state index contributed by atoms with van der Waals surface area (Å²) in [4.78, 5) is 24.5. The summed E-state index contributed by atoms with van der Waals surface area (Å²) in [6.07, 6.45) is 3.79. The lowest BCUT2D eigenvalue weighted by Gasteiger charge is -2.20. The maximum absolute atomic E-state index is 13.0. The quantitative estimate of drug-likeness (QED) is 0.738. The second kappa shape index (κ2) is 9.86. The van der Waals surface area contributed by atoms with E-state index < -0.39 is 10.0 Å². The number of rotatable bonds is 6. The highest BCUT2D eigenvalue weighted by molar-refractivity contribution is 7.89. The Labute approximate surface area is 177 Å². The van der Waals surface area contributed by atoms with Crippen LogP contribution in [0.3, 0.4) is 0 Å². The predicted octanol–water partition coefficient (Wildman–Crippen LogP) is 2.54. The van der Waals surface area contributed by atoms with E-state index in [4.69, 9.17) is 0 Å². The molecule has 0 spiro atoms. The Hall–Kier alpha value is -2.71. The number of benzene rings is 2. The Balaban J connectivity index is 1.71. The summed E-state index contributed by atoms with van der Waals surface area (Å²) >= 11 is 0. The zero-order valence-electron chi connectivity index (χ0n) is 17.1. The molecule has 8 heteroatoms. The highest BCUT2D eigenvalue weighted by Gasteiger charge is 2.25. The number of carbonyl (C=O) groups is 2. The van der Waals surface area contributed by atoms with Crippen LogP contribution in [-0.4, -0.2) is 44.7 Å². The predicted molar refractivity (Wildman–Crippen MR) is 115 cm³/mol. The van der Waals surface area contributed by atoms with E-state index in [1.165, 1.54) is 16.4 Å². The van der Waals surface area contributed by atoms with Gasteiger partial charge in [0, 0.05) is 37.8 Å².